The smallest absolute Gasteiger partial charge is 0.306 e. The average Bonchev–Trinajstić information content (AvgIpc) is 2.98. The lowest BCUT2D eigenvalue weighted by Crippen LogP contribution is -2.22. The lowest BCUT2D eigenvalue weighted by atomic mass is 10.3. The quantitative estimate of drug-likeness (QED) is 0.551. The Hall–Kier alpha value is -1.57. The number of aromatic nitrogens is 1. The number of rotatable bonds is 8. The number of carbonyl (C=O) groups is 2. The van der Waals surface area contributed by atoms with Crippen LogP contribution in [0.5, 0.6) is 5.75 Å². The molecular formula is C15H16Cl2N2O4S. The Labute approximate surface area is 153 Å². The van der Waals surface area contributed by atoms with E-state index < -0.39 is 12.1 Å². The molecule has 1 N–H and O–H groups in total. The normalized spacial score (nSPS) is 10.8. The lowest BCUT2D eigenvalue weighted by molar-refractivity contribution is -0.148. The largest absolute Gasteiger partial charge is 0.497 e. The fraction of sp³-hybridized carbons (Fsp3) is 0.400. The third-order valence-electron chi connectivity index (χ3n) is 3.04. The molecule has 0 unspecified atom stereocenters. The van der Waals surface area contributed by atoms with E-state index >= 15 is 0 Å². The Kier molecular flexibility index (Phi) is 7.08. The maximum absolute atomic E-state index is 11.9. The molecule has 2 aromatic rings. The first-order valence-electron chi connectivity index (χ1n) is 7.11. The van der Waals surface area contributed by atoms with Crippen molar-refractivity contribution < 1.29 is 19.1 Å². The van der Waals surface area contributed by atoms with Crippen LogP contribution in [0.4, 0.5) is 5.13 Å². The van der Waals surface area contributed by atoms with Crippen molar-refractivity contribution in [1.82, 2.24) is 4.98 Å². The number of amides is 1. The van der Waals surface area contributed by atoms with Gasteiger partial charge < -0.3 is 14.8 Å². The maximum Gasteiger partial charge on any atom is 0.306 e. The van der Waals surface area contributed by atoms with E-state index in [2.05, 4.69) is 10.3 Å². The minimum absolute atomic E-state index is 0.00459. The number of thiazole rings is 1. The number of alkyl halides is 2. The predicted octanol–water partition coefficient (Wildman–Crippen LogP) is 3.41. The van der Waals surface area contributed by atoms with E-state index in [4.69, 9.17) is 32.7 Å². The molecule has 0 aliphatic heterocycles. The summed E-state index contributed by atoms with van der Waals surface area (Å²) < 4.78 is 11.1. The Bertz CT molecular complexity index is 719. The number of esters is 1. The van der Waals surface area contributed by atoms with Gasteiger partial charge in [0, 0.05) is 6.42 Å². The highest BCUT2D eigenvalue weighted by atomic mass is 35.5. The first-order valence-corrected chi connectivity index (χ1v) is 9.00. The Morgan fingerprint density at radius 1 is 1.29 bits per heavy atom. The van der Waals surface area contributed by atoms with Gasteiger partial charge >= 0.3 is 5.97 Å². The average molecular weight is 391 g/mol. The first-order chi connectivity index (χ1) is 11.5. The van der Waals surface area contributed by atoms with Crippen LogP contribution in [-0.2, 0) is 14.3 Å². The number of carbonyl (C=O) groups excluding carboxylic acids is 2. The molecule has 0 bridgehead atoms. The monoisotopic (exact) mass is 390 g/mol. The van der Waals surface area contributed by atoms with Crippen molar-refractivity contribution in [3.63, 3.8) is 0 Å². The summed E-state index contributed by atoms with van der Waals surface area (Å²) in [5.41, 5.74) is 0.766. The molecule has 130 valence electrons. The van der Waals surface area contributed by atoms with Gasteiger partial charge in [-0.3, -0.25) is 9.59 Å². The standard InChI is InChI=1S/C15H16Cl2N2O4S/c1-22-9-2-3-11-12(6-9)24-15(18-11)19-13(20)4-5-14(21)23-10(7-16)8-17/h2-3,6,10H,4-5,7-8H2,1H3,(H,18,19,20). The van der Waals surface area contributed by atoms with Crippen molar-refractivity contribution in [2.24, 2.45) is 0 Å². The molecule has 24 heavy (non-hydrogen) atoms. The van der Waals surface area contributed by atoms with Crippen LogP contribution in [0.3, 0.4) is 0 Å². The zero-order valence-corrected chi connectivity index (χ0v) is 15.2. The molecule has 1 aromatic heterocycles. The highest BCUT2D eigenvalue weighted by Gasteiger charge is 2.15. The van der Waals surface area contributed by atoms with Gasteiger partial charge in [0.1, 0.15) is 11.9 Å². The number of methoxy groups -OCH3 is 1. The van der Waals surface area contributed by atoms with Crippen LogP contribution in [0.15, 0.2) is 18.2 Å². The van der Waals surface area contributed by atoms with E-state index in [0.717, 1.165) is 16.0 Å². The number of nitrogens with zero attached hydrogens (tertiary/aromatic N) is 1. The minimum atomic E-state index is -0.539. The molecule has 0 fully saturated rings. The summed E-state index contributed by atoms with van der Waals surface area (Å²) >= 11 is 12.5. The molecule has 1 aromatic carbocycles. The molecule has 0 saturated heterocycles. The lowest BCUT2D eigenvalue weighted by Gasteiger charge is -2.11. The molecule has 0 aliphatic rings. The number of hydrogen-bond donors (Lipinski definition) is 1. The van der Waals surface area contributed by atoms with Gasteiger partial charge in [-0.25, -0.2) is 4.98 Å². The maximum atomic E-state index is 11.9. The second-order valence-corrected chi connectivity index (χ2v) is 6.47. The van der Waals surface area contributed by atoms with E-state index in [9.17, 15) is 9.59 Å². The zero-order valence-electron chi connectivity index (χ0n) is 12.9. The Balaban J connectivity index is 1.87. The van der Waals surface area contributed by atoms with Gasteiger partial charge in [-0.05, 0) is 18.2 Å². The minimum Gasteiger partial charge on any atom is -0.497 e. The summed E-state index contributed by atoms with van der Waals surface area (Å²) in [6.07, 6.45) is -0.590. The SMILES string of the molecule is COc1ccc2nc(NC(=O)CCC(=O)OC(CCl)CCl)sc2c1. The Morgan fingerprint density at radius 3 is 2.71 bits per heavy atom. The number of fused-ring (bicyclic) bond motifs is 1. The third-order valence-corrected chi connectivity index (χ3v) is 4.66. The molecule has 1 heterocycles. The fourth-order valence-electron chi connectivity index (χ4n) is 1.83. The van der Waals surface area contributed by atoms with Crippen molar-refractivity contribution in [2.75, 3.05) is 24.2 Å². The predicted molar refractivity (Wildman–Crippen MR) is 95.4 cm³/mol. The number of benzene rings is 1. The van der Waals surface area contributed by atoms with Crippen LogP contribution < -0.4 is 10.1 Å². The van der Waals surface area contributed by atoms with Gasteiger partial charge in [0.05, 0.1) is 35.5 Å². The van der Waals surface area contributed by atoms with Gasteiger partial charge in [-0.1, -0.05) is 11.3 Å². The van der Waals surface area contributed by atoms with E-state index in [1.165, 1.54) is 11.3 Å². The number of anilines is 1. The highest BCUT2D eigenvalue weighted by Crippen LogP contribution is 2.29. The van der Waals surface area contributed by atoms with Crippen molar-refractivity contribution >= 4 is 61.8 Å². The second-order valence-electron chi connectivity index (χ2n) is 4.82. The molecule has 1 amide bonds. The van der Waals surface area contributed by atoms with Crippen LogP contribution in [0.1, 0.15) is 12.8 Å². The summed E-state index contributed by atoms with van der Waals surface area (Å²) in [6.45, 7) is 0. The van der Waals surface area contributed by atoms with Gasteiger partial charge in [-0.15, -0.1) is 23.2 Å². The van der Waals surface area contributed by atoms with Crippen LogP contribution in [0.25, 0.3) is 10.2 Å². The topological polar surface area (TPSA) is 77.5 Å². The Morgan fingerprint density at radius 2 is 2.04 bits per heavy atom. The summed E-state index contributed by atoms with van der Waals surface area (Å²) in [5, 5.41) is 3.14. The molecule has 0 atom stereocenters. The third kappa shape index (κ3) is 5.22. The van der Waals surface area contributed by atoms with E-state index in [1.54, 1.807) is 13.2 Å². The number of halogens is 2. The summed E-state index contributed by atoms with van der Waals surface area (Å²) in [6, 6.07) is 5.46. The highest BCUT2D eigenvalue weighted by molar-refractivity contribution is 7.22. The molecule has 0 radical (unpaired) electrons. The summed E-state index contributed by atoms with van der Waals surface area (Å²) in [7, 11) is 1.59. The molecule has 6 nitrogen and oxygen atoms in total. The number of ether oxygens (including phenoxy) is 2. The molecule has 0 saturated carbocycles. The molecule has 0 aliphatic carbocycles. The van der Waals surface area contributed by atoms with Crippen molar-refractivity contribution in [1.29, 1.82) is 0 Å². The van der Waals surface area contributed by atoms with Gasteiger partial charge in [0.15, 0.2) is 5.13 Å². The molecule has 0 spiro atoms. The van der Waals surface area contributed by atoms with Crippen molar-refractivity contribution in [2.45, 2.75) is 18.9 Å². The van der Waals surface area contributed by atoms with E-state index in [1.807, 2.05) is 12.1 Å². The second kappa shape index (κ2) is 9.05. The summed E-state index contributed by atoms with van der Waals surface area (Å²) in [5.74, 6) is 0.143. The van der Waals surface area contributed by atoms with Crippen LogP contribution in [0, 0.1) is 0 Å². The number of nitrogens with one attached hydrogen (secondary N) is 1. The van der Waals surface area contributed by atoms with Crippen molar-refractivity contribution in [3.05, 3.63) is 18.2 Å². The zero-order chi connectivity index (χ0) is 17.5. The molecule has 9 heteroatoms. The van der Waals surface area contributed by atoms with Gasteiger partial charge in [-0.2, -0.15) is 0 Å². The first kappa shape index (κ1) is 18.8. The number of hydrogen-bond acceptors (Lipinski definition) is 6. The summed E-state index contributed by atoms with van der Waals surface area (Å²) in [4.78, 5) is 27.8. The van der Waals surface area contributed by atoms with Crippen LogP contribution in [0.2, 0.25) is 0 Å². The van der Waals surface area contributed by atoms with Crippen molar-refractivity contribution in [3.8, 4) is 5.75 Å². The van der Waals surface area contributed by atoms with E-state index in [-0.39, 0.29) is 30.5 Å². The van der Waals surface area contributed by atoms with E-state index in [0.29, 0.717) is 5.13 Å². The molecular weight excluding hydrogens is 375 g/mol. The van der Waals surface area contributed by atoms with Crippen LogP contribution in [-0.4, -0.2) is 41.8 Å². The van der Waals surface area contributed by atoms with Crippen LogP contribution >= 0.6 is 34.5 Å². The molecule has 2 rings (SSSR count). The van der Waals surface area contributed by atoms with Gasteiger partial charge in [0.2, 0.25) is 5.91 Å². The fourth-order valence-corrected chi connectivity index (χ4v) is 3.20. The van der Waals surface area contributed by atoms with Gasteiger partial charge in [0.25, 0.3) is 0 Å².